The van der Waals surface area contributed by atoms with Crippen molar-refractivity contribution in [2.45, 2.75) is 39.9 Å². The molecule has 0 saturated heterocycles. The standard InChI is InChI=1S/C13H19N5O3/c1-3-21-12(19)9-18-13(20)17(11(2)15-18)7-4-6-16-8-5-14-10-16/h5,8,10H,3-4,6-7,9H2,1-2H3. The summed E-state index contributed by atoms with van der Waals surface area (Å²) in [4.78, 5) is 27.5. The van der Waals surface area contributed by atoms with Gasteiger partial charge < -0.3 is 9.30 Å². The summed E-state index contributed by atoms with van der Waals surface area (Å²) in [5.41, 5.74) is -0.286. The minimum atomic E-state index is -0.456. The molecule has 8 heteroatoms. The van der Waals surface area contributed by atoms with Gasteiger partial charge in [0, 0.05) is 25.5 Å². The van der Waals surface area contributed by atoms with Crippen molar-refractivity contribution >= 4 is 5.97 Å². The van der Waals surface area contributed by atoms with Gasteiger partial charge in [-0.1, -0.05) is 0 Å². The molecule has 0 radical (unpaired) electrons. The second kappa shape index (κ2) is 6.87. The third-order valence-corrected chi connectivity index (χ3v) is 3.05. The molecule has 114 valence electrons. The average molecular weight is 293 g/mol. The van der Waals surface area contributed by atoms with Crippen molar-refractivity contribution in [1.29, 1.82) is 0 Å². The minimum absolute atomic E-state index is 0.151. The van der Waals surface area contributed by atoms with E-state index in [4.69, 9.17) is 4.74 Å². The Morgan fingerprint density at radius 2 is 2.19 bits per heavy atom. The van der Waals surface area contributed by atoms with Crippen LogP contribution in [0.25, 0.3) is 0 Å². The maximum atomic E-state index is 12.2. The highest BCUT2D eigenvalue weighted by Crippen LogP contribution is 1.97. The minimum Gasteiger partial charge on any atom is -0.465 e. The van der Waals surface area contributed by atoms with E-state index in [0.29, 0.717) is 12.4 Å². The van der Waals surface area contributed by atoms with Crippen molar-refractivity contribution in [1.82, 2.24) is 23.9 Å². The van der Waals surface area contributed by atoms with E-state index in [9.17, 15) is 9.59 Å². The van der Waals surface area contributed by atoms with Crippen molar-refractivity contribution in [3.05, 3.63) is 35.0 Å². The zero-order valence-corrected chi connectivity index (χ0v) is 12.2. The largest absolute Gasteiger partial charge is 0.465 e. The molecule has 2 aromatic heterocycles. The van der Waals surface area contributed by atoms with Gasteiger partial charge in [-0.05, 0) is 20.3 Å². The topological polar surface area (TPSA) is 83.9 Å². The first kappa shape index (κ1) is 15.0. The summed E-state index contributed by atoms with van der Waals surface area (Å²) in [5, 5.41) is 4.10. The number of esters is 1. The fourth-order valence-corrected chi connectivity index (χ4v) is 2.07. The van der Waals surface area contributed by atoms with Crippen LogP contribution in [0.2, 0.25) is 0 Å². The third kappa shape index (κ3) is 3.80. The molecule has 0 spiro atoms. The van der Waals surface area contributed by atoms with Crippen LogP contribution in [0.3, 0.4) is 0 Å². The smallest absolute Gasteiger partial charge is 0.346 e. The van der Waals surface area contributed by atoms with Crippen molar-refractivity contribution in [2.24, 2.45) is 0 Å². The Kier molecular flexibility index (Phi) is 4.91. The van der Waals surface area contributed by atoms with E-state index in [0.717, 1.165) is 17.6 Å². The predicted octanol–water partition coefficient (Wildman–Crippen LogP) is 0.203. The van der Waals surface area contributed by atoms with Crippen LogP contribution in [0.15, 0.2) is 23.5 Å². The van der Waals surface area contributed by atoms with E-state index < -0.39 is 5.97 Å². The van der Waals surface area contributed by atoms with Crippen LogP contribution in [-0.2, 0) is 29.2 Å². The fourth-order valence-electron chi connectivity index (χ4n) is 2.07. The van der Waals surface area contributed by atoms with Crippen LogP contribution in [0, 0.1) is 6.92 Å². The lowest BCUT2D eigenvalue weighted by atomic mass is 10.4. The lowest BCUT2D eigenvalue weighted by molar-refractivity contribution is -0.144. The molecule has 2 rings (SSSR count). The number of carbonyl (C=O) groups excluding carboxylic acids is 1. The van der Waals surface area contributed by atoms with Crippen LogP contribution >= 0.6 is 0 Å². The quantitative estimate of drug-likeness (QED) is 0.681. The van der Waals surface area contributed by atoms with Crippen molar-refractivity contribution in [3.8, 4) is 0 Å². The first-order valence-corrected chi connectivity index (χ1v) is 6.87. The number of rotatable bonds is 7. The van der Waals surface area contributed by atoms with E-state index in [2.05, 4.69) is 10.1 Å². The summed E-state index contributed by atoms with van der Waals surface area (Å²) in [6.45, 7) is 4.93. The van der Waals surface area contributed by atoms with Gasteiger partial charge >= 0.3 is 11.7 Å². The van der Waals surface area contributed by atoms with Crippen LogP contribution in [-0.4, -0.2) is 36.5 Å². The van der Waals surface area contributed by atoms with Crippen LogP contribution in [0.4, 0.5) is 0 Å². The molecule has 0 fully saturated rings. The maximum Gasteiger partial charge on any atom is 0.346 e. The van der Waals surface area contributed by atoms with Gasteiger partial charge in [-0.3, -0.25) is 9.36 Å². The number of imidazole rings is 1. The first-order chi connectivity index (χ1) is 10.1. The summed E-state index contributed by atoms with van der Waals surface area (Å²) in [6, 6.07) is 0. The van der Waals surface area contributed by atoms with Gasteiger partial charge in [0.05, 0.1) is 12.9 Å². The van der Waals surface area contributed by atoms with Gasteiger partial charge in [0.2, 0.25) is 0 Å². The zero-order chi connectivity index (χ0) is 15.2. The van der Waals surface area contributed by atoms with Gasteiger partial charge in [0.1, 0.15) is 12.4 Å². The molecule has 0 bridgehead atoms. The molecule has 0 amide bonds. The molecule has 0 aliphatic rings. The molecule has 0 saturated carbocycles. The first-order valence-electron chi connectivity index (χ1n) is 6.87. The molecular weight excluding hydrogens is 274 g/mol. The fraction of sp³-hybridized carbons (Fsp3) is 0.538. The number of aryl methyl sites for hydroxylation is 2. The van der Waals surface area contributed by atoms with Crippen LogP contribution < -0.4 is 5.69 Å². The number of nitrogens with zero attached hydrogens (tertiary/aromatic N) is 5. The highest BCUT2D eigenvalue weighted by molar-refractivity contribution is 5.68. The molecule has 2 heterocycles. The number of hydrogen-bond donors (Lipinski definition) is 0. The highest BCUT2D eigenvalue weighted by Gasteiger charge is 2.13. The molecule has 0 N–H and O–H groups in total. The summed E-state index contributed by atoms with van der Waals surface area (Å²) >= 11 is 0. The van der Waals surface area contributed by atoms with Gasteiger partial charge in [-0.25, -0.2) is 14.5 Å². The molecule has 0 aromatic carbocycles. The normalized spacial score (nSPS) is 10.8. The van der Waals surface area contributed by atoms with E-state index in [1.807, 2.05) is 10.8 Å². The van der Waals surface area contributed by atoms with Gasteiger partial charge in [-0.2, -0.15) is 5.10 Å². The van der Waals surface area contributed by atoms with Crippen LogP contribution in [0.5, 0.6) is 0 Å². The molecule has 0 atom stereocenters. The van der Waals surface area contributed by atoms with Crippen molar-refractivity contribution in [3.63, 3.8) is 0 Å². The summed E-state index contributed by atoms with van der Waals surface area (Å²) < 4.78 is 9.48. The van der Waals surface area contributed by atoms with Gasteiger partial charge in [-0.15, -0.1) is 0 Å². The number of hydrogen-bond acceptors (Lipinski definition) is 5. The van der Waals surface area contributed by atoms with Crippen molar-refractivity contribution in [2.75, 3.05) is 6.61 Å². The Hall–Kier alpha value is -2.38. The molecule has 0 aliphatic heterocycles. The Labute approximate surface area is 122 Å². The molecule has 0 unspecified atom stereocenters. The van der Waals surface area contributed by atoms with Crippen LogP contribution in [0.1, 0.15) is 19.2 Å². The monoisotopic (exact) mass is 293 g/mol. The predicted molar refractivity (Wildman–Crippen MR) is 74.7 cm³/mol. The van der Waals surface area contributed by atoms with E-state index in [-0.39, 0.29) is 18.8 Å². The molecule has 8 nitrogen and oxygen atoms in total. The summed E-state index contributed by atoms with van der Waals surface area (Å²) in [6.07, 6.45) is 6.11. The Morgan fingerprint density at radius 1 is 1.38 bits per heavy atom. The molecule has 2 aromatic rings. The zero-order valence-electron chi connectivity index (χ0n) is 12.2. The Balaban J connectivity index is 1.98. The number of carbonyl (C=O) groups is 1. The van der Waals surface area contributed by atoms with Gasteiger partial charge in [0.25, 0.3) is 0 Å². The summed E-state index contributed by atoms with van der Waals surface area (Å²) in [5.74, 6) is 0.137. The SMILES string of the molecule is CCOC(=O)Cn1nc(C)n(CCCn2ccnc2)c1=O. The maximum absolute atomic E-state index is 12.2. The highest BCUT2D eigenvalue weighted by atomic mass is 16.5. The average Bonchev–Trinajstić information content (AvgIpc) is 3.03. The Morgan fingerprint density at radius 3 is 2.86 bits per heavy atom. The molecule has 0 aliphatic carbocycles. The third-order valence-electron chi connectivity index (χ3n) is 3.05. The second-order valence-electron chi connectivity index (χ2n) is 4.60. The number of aromatic nitrogens is 5. The molecule has 21 heavy (non-hydrogen) atoms. The van der Waals surface area contributed by atoms with E-state index in [1.54, 1.807) is 30.9 Å². The molecular formula is C13H19N5O3. The number of ether oxygens (including phenoxy) is 1. The second-order valence-corrected chi connectivity index (χ2v) is 4.60. The lowest BCUT2D eigenvalue weighted by Gasteiger charge is -2.03. The van der Waals surface area contributed by atoms with E-state index in [1.165, 1.54) is 0 Å². The van der Waals surface area contributed by atoms with Crippen molar-refractivity contribution < 1.29 is 9.53 Å². The summed E-state index contributed by atoms with van der Waals surface area (Å²) in [7, 11) is 0. The van der Waals surface area contributed by atoms with Gasteiger partial charge in [0.15, 0.2) is 0 Å². The Bertz CT molecular complexity index is 641. The van der Waals surface area contributed by atoms with E-state index >= 15 is 0 Å². The lowest BCUT2D eigenvalue weighted by Crippen LogP contribution is -2.29.